The van der Waals surface area contributed by atoms with Gasteiger partial charge >= 0.3 is 0 Å². The fraction of sp³-hybridized carbons (Fsp3) is 0.462. The van der Waals surface area contributed by atoms with Gasteiger partial charge in [-0.15, -0.1) is 11.6 Å². The summed E-state index contributed by atoms with van der Waals surface area (Å²) in [5.41, 5.74) is 0.0356. The van der Waals surface area contributed by atoms with Crippen LogP contribution >= 0.6 is 11.6 Å². The molecular formula is C13H16ClNO3. The van der Waals surface area contributed by atoms with E-state index < -0.39 is 5.54 Å². The first-order valence-corrected chi connectivity index (χ1v) is 6.44. The van der Waals surface area contributed by atoms with Crippen molar-refractivity contribution in [2.24, 2.45) is 0 Å². The number of ether oxygens (including phenoxy) is 1. The minimum atomic E-state index is -0.400. The van der Waals surface area contributed by atoms with Gasteiger partial charge in [0, 0.05) is 24.7 Å². The molecule has 2 N–H and O–H groups in total. The summed E-state index contributed by atoms with van der Waals surface area (Å²) in [6, 6.07) is 6.27. The van der Waals surface area contributed by atoms with Gasteiger partial charge in [-0.05, 0) is 31.0 Å². The lowest BCUT2D eigenvalue weighted by atomic mass is 9.92. The number of halogens is 1. The van der Waals surface area contributed by atoms with Crippen LogP contribution in [0.2, 0.25) is 0 Å². The second-order valence-corrected chi connectivity index (χ2v) is 4.80. The van der Waals surface area contributed by atoms with Gasteiger partial charge in [0.2, 0.25) is 0 Å². The molecular weight excluding hydrogens is 254 g/mol. The van der Waals surface area contributed by atoms with E-state index in [9.17, 15) is 9.90 Å². The molecule has 18 heavy (non-hydrogen) atoms. The predicted molar refractivity (Wildman–Crippen MR) is 69.1 cm³/mol. The summed E-state index contributed by atoms with van der Waals surface area (Å²) < 4.78 is 5.28. The number of aromatic hydroxyl groups is 1. The van der Waals surface area contributed by atoms with Gasteiger partial charge in [-0.1, -0.05) is 6.07 Å². The maximum absolute atomic E-state index is 12.1. The van der Waals surface area contributed by atoms with Gasteiger partial charge in [-0.25, -0.2) is 0 Å². The van der Waals surface area contributed by atoms with E-state index in [-0.39, 0.29) is 11.7 Å². The van der Waals surface area contributed by atoms with Gasteiger partial charge in [-0.3, -0.25) is 4.79 Å². The minimum Gasteiger partial charge on any atom is -0.508 e. The molecule has 0 aliphatic carbocycles. The molecule has 0 unspecified atom stereocenters. The summed E-state index contributed by atoms with van der Waals surface area (Å²) in [7, 11) is 0. The number of hydrogen-bond donors (Lipinski definition) is 2. The first kappa shape index (κ1) is 13.2. The van der Waals surface area contributed by atoms with Crippen molar-refractivity contribution < 1.29 is 14.6 Å². The third kappa shape index (κ3) is 2.94. The van der Waals surface area contributed by atoms with Crippen LogP contribution in [0.3, 0.4) is 0 Å². The molecule has 98 valence electrons. The number of rotatable bonds is 3. The van der Waals surface area contributed by atoms with E-state index >= 15 is 0 Å². The number of benzene rings is 1. The third-order valence-electron chi connectivity index (χ3n) is 3.19. The molecule has 1 aliphatic rings. The topological polar surface area (TPSA) is 58.6 Å². The second kappa shape index (κ2) is 5.59. The lowest BCUT2D eigenvalue weighted by molar-refractivity contribution is 0.0433. The van der Waals surface area contributed by atoms with Crippen LogP contribution < -0.4 is 5.32 Å². The van der Waals surface area contributed by atoms with E-state index in [1.54, 1.807) is 12.1 Å². The molecule has 1 saturated heterocycles. The Morgan fingerprint density at radius 1 is 1.44 bits per heavy atom. The van der Waals surface area contributed by atoms with Gasteiger partial charge in [-0.2, -0.15) is 0 Å². The highest BCUT2D eigenvalue weighted by Crippen LogP contribution is 2.23. The van der Waals surface area contributed by atoms with E-state index in [0.717, 1.165) is 0 Å². The maximum Gasteiger partial charge on any atom is 0.251 e. The van der Waals surface area contributed by atoms with E-state index in [1.165, 1.54) is 12.1 Å². The van der Waals surface area contributed by atoms with Gasteiger partial charge in [0.1, 0.15) is 5.75 Å². The summed E-state index contributed by atoms with van der Waals surface area (Å²) in [4.78, 5) is 12.1. The Hall–Kier alpha value is -1.26. The number of hydrogen-bond acceptors (Lipinski definition) is 3. The molecule has 1 amide bonds. The highest BCUT2D eigenvalue weighted by Gasteiger charge is 2.33. The molecule has 0 saturated carbocycles. The van der Waals surface area contributed by atoms with Crippen molar-refractivity contribution in [3.8, 4) is 5.75 Å². The zero-order valence-electron chi connectivity index (χ0n) is 9.99. The number of nitrogens with one attached hydrogen (secondary N) is 1. The molecule has 1 aliphatic heterocycles. The molecule has 1 fully saturated rings. The first-order chi connectivity index (χ1) is 8.65. The Morgan fingerprint density at radius 2 is 2.17 bits per heavy atom. The van der Waals surface area contributed by atoms with E-state index in [2.05, 4.69) is 5.32 Å². The molecule has 0 aromatic heterocycles. The smallest absolute Gasteiger partial charge is 0.251 e. The zero-order chi connectivity index (χ0) is 13.0. The molecule has 5 heteroatoms. The Bertz CT molecular complexity index is 430. The van der Waals surface area contributed by atoms with Gasteiger partial charge in [0.15, 0.2) is 0 Å². The average molecular weight is 270 g/mol. The van der Waals surface area contributed by atoms with Crippen molar-refractivity contribution in [2.45, 2.75) is 18.4 Å². The number of phenolic OH excluding ortho intramolecular Hbond substituents is 1. The molecule has 0 spiro atoms. The van der Waals surface area contributed by atoms with Crippen molar-refractivity contribution in [1.82, 2.24) is 5.32 Å². The van der Waals surface area contributed by atoms with E-state index in [0.29, 0.717) is 37.5 Å². The Morgan fingerprint density at radius 3 is 2.78 bits per heavy atom. The van der Waals surface area contributed by atoms with Gasteiger partial charge in [0.25, 0.3) is 5.91 Å². The van der Waals surface area contributed by atoms with Crippen LogP contribution in [0.15, 0.2) is 24.3 Å². The molecule has 1 heterocycles. The van der Waals surface area contributed by atoms with Crippen LogP contribution in [-0.4, -0.2) is 35.6 Å². The van der Waals surface area contributed by atoms with Crippen molar-refractivity contribution in [3.63, 3.8) is 0 Å². The lowest BCUT2D eigenvalue weighted by Gasteiger charge is -2.36. The zero-order valence-corrected chi connectivity index (χ0v) is 10.7. The SMILES string of the molecule is O=C(NC1(CCl)CCOCC1)c1cccc(O)c1. The highest BCUT2D eigenvalue weighted by molar-refractivity contribution is 6.19. The van der Waals surface area contributed by atoms with Crippen LogP contribution in [0.25, 0.3) is 0 Å². The van der Waals surface area contributed by atoms with Crippen LogP contribution in [0.5, 0.6) is 5.75 Å². The third-order valence-corrected chi connectivity index (χ3v) is 3.70. The Labute approximate surface area is 111 Å². The number of carbonyl (C=O) groups is 1. The van der Waals surface area contributed by atoms with E-state index in [4.69, 9.17) is 16.3 Å². The number of alkyl halides is 1. The standard InChI is InChI=1S/C13H16ClNO3/c14-9-13(4-6-18-7-5-13)15-12(17)10-2-1-3-11(16)8-10/h1-3,8,16H,4-7,9H2,(H,15,17). The summed E-state index contributed by atoms with van der Waals surface area (Å²) in [6.07, 6.45) is 1.42. The van der Waals surface area contributed by atoms with Gasteiger partial charge < -0.3 is 15.2 Å². The largest absolute Gasteiger partial charge is 0.508 e. The number of carbonyl (C=O) groups excluding carboxylic acids is 1. The van der Waals surface area contributed by atoms with E-state index in [1.807, 2.05) is 0 Å². The monoisotopic (exact) mass is 269 g/mol. The molecule has 0 radical (unpaired) electrons. The molecule has 2 rings (SSSR count). The maximum atomic E-state index is 12.1. The molecule has 1 aromatic rings. The van der Waals surface area contributed by atoms with Crippen molar-refractivity contribution >= 4 is 17.5 Å². The summed E-state index contributed by atoms with van der Waals surface area (Å²) in [5.74, 6) is 0.226. The fourth-order valence-corrected chi connectivity index (χ4v) is 2.35. The Kier molecular flexibility index (Phi) is 4.09. The van der Waals surface area contributed by atoms with Crippen molar-refractivity contribution in [3.05, 3.63) is 29.8 Å². The number of phenols is 1. The molecule has 0 bridgehead atoms. The van der Waals surface area contributed by atoms with Crippen molar-refractivity contribution in [1.29, 1.82) is 0 Å². The quantitative estimate of drug-likeness (QED) is 0.824. The van der Waals surface area contributed by atoms with Crippen LogP contribution in [0.4, 0.5) is 0 Å². The average Bonchev–Trinajstić information content (AvgIpc) is 2.40. The summed E-state index contributed by atoms with van der Waals surface area (Å²) in [6.45, 7) is 1.21. The Balaban J connectivity index is 2.10. The predicted octanol–water partition coefficient (Wildman–Crippen LogP) is 1.91. The normalized spacial score (nSPS) is 18.3. The number of amides is 1. The fourth-order valence-electron chi connectivity index (χ4n) is 2.01. The second-order valence-electron chi connectivity index (χ2n) is 4.53. The van der Waals surface area contributed by atoms with Gasteiger partial charge in [0.05, 0.1) is 5.54 Å². The molecule has 0 atom stereocenters. The van der Waals surface area contributed by atoms with Crippen LogP contribution in [-0.2, 0) is 4.74 Å². The van der Waals surface area contributed by atoms with Crippen molar-refractivity contribution in [2.75, 3.05) is 19.1 Å². The first-order valence-electron chi connectivity index (χ1n) is 5.90. The molecule has 1 aromatic carbocycles. The minimum absolute atomic E-state index is 0.0783. The summed E-state index contributed by atoms with van der Waals surface area (Å²) in [5, 5.41) is 12.3. The van der Waals surface area contributed by atoms with Crippen LogP contribution in [0, 0.1) is 0 Å². The van der Waals surface area contributed by atoms with Crippen LogP contribution in [0.1, 0.15) is 23.2 Å². The molecule has 4 nitrogen and oxygen atoms in total. The summed E-state index contributed by atoms with van der Waals surface area (Å²) >= 11 is 5.98. The highest BCUT2D eigenvalue weighted by atomic mass is 35.5. The lowest BCUT2D eigenvalue weighted by Crippen LogP contribution is -2.53.